The SMILES string of the molecule is Cc1c(C)n(Cc2cncc(OC(C)C(=O)O)c2)c2ccc(C(N)=O)cc12. The van der Waals surface area contributed by atoms with E-state index in [1.165, 1.54) is 13.1 Å². The van der Waals surface area contributed by atoms with Gasteiger partial charge in [-0.15, -0.1) is 0 Å². The van der Waals surface area contributed by atoms with Crippen molar-refractivity contribution in [3.63, 3.8) is 0 Å². The van der Waals surface area contributed by atoms with Gasteiger partial charge in [-0.25, -0.2) is 4.79 Å². The molecule has 2 aromatic heterocycles. The van der Waals surface area contributed by atoms with Crippen molar-refractivity contribution in [1.29, 1.82) is 0 Å². The van der Waals surface area contributed by atoms with Crippen LogP contribution in [-0.4, -0.2) is 32.6 Å². The Balaban J connectivity index is 1.96. The minimum Gasteiger partial charge on any atom is -0.479 e. The highest BCUT2D eigenvalue weighted by Crippen LogP contribution is 2.27. The van der Waals surface area contributed by atoms with Gasteiger partial charge in [0.25, 0.3) is 0 Å². The van der Waals surface area contributed by atoms with Gasteiger partial charge in [0.1, 0.15) is 5.75 Å². The number of fused-ring (bicyclic) bond motifs is 1. The van der Waals surface area contributed by atoms with E-state index in [-0.39, 0.29) is 0 Å². The molecule has 0 bridgehead atoms. The van der Waals surface area contributed by atoms with Crippen LogP contribution in [0.5, 0.6) is 5.75 Å². The molecule has 3 N–H and O–H groups in total. The number of amides is 1. The number of nitrogens with zero attached hydrogens (tertiary/aromatic N) is 2. The fourth-order valence-electron chi connectivity index (χ4n) is 3.06. The second kappa shape index (κ2) is 7.11. The van der Waals surface area contributed by atoms with Crippen LogP contribution in [0, 0.1) is 13.8 Å². The van der Waals surface area contributed by atoms with Crippen molar-refractivity contribution in [1.82, 2.24) is 9.55 Å². The summed E-state index contributed by atoms with van der Waals surface area (Å²) in [6.07, 6.45) is 2.26. The van der Waals surface area contributed by atoms with Crippen molar-refractivity contribution >= 4 is 22.8 Å². The molecular weight excluding hydrogens is 346 g/mol. The number of carboxylic acids is 1. The molecule has 1 amide bonds. The smallest absolute Gasteiger partial charge is 0.344 e. The van der Waals surface area contributed by atoms with E-state index in [0.29, 0.717) is 17.9 Å². The number of primary amides is 1. The Bertz CT molecular complexity index is 1040. The van der Waals surface area contributed by atoms with Crippen LogP contribution in [0.15, 0.2) is 36.7 Å². The Morgan fingerprint density at radius 1 is 1.26 bits per heavy atom. The second-order valence-electron chi connectivity index (χ2n) is 6.52. The van der Waals surface area contributed by atoms with Crippen molar-refractivity contribution in [2.75, 3.05) is 0 Å². The van der Waals surface area contributed by atoms with Crippen LogP contribution >= 0.6 is 0 Å². The molecule has 7 heteroatoms. The topological polar surface area (TPSA) is 107 Å². The molecule has 0 fully saturated rings. The molecule has 2 heterocycles. The van der Waals surface area contributed by atoms with Crippen LogP contribution in [0.25, 0.3) is 10.9 Å². The molecule has 3 rings (SSSR count). The first-order chi connectivity index (χ1) is 12.8. The standard InChI is InChI=1S/C20H21N3O4/c1-11-12(2)23(18-5-4-15(19(21)24)7-17(11)18)10-14-6-16(9-22-8-14)27-13(3)20(25)26/h4-9,13H,10H2,1-3H3,(H2,21,24)(H,25,26). The summed E-state index contributed by atoms with van der Waals surface area (Å²) in [5, 5.41) is 9.96. The number of carbonyl (C=O) groups excluding carboxylic acids is 1. The maximum Gasteiger partial charge on any atom is 0.344 e. The number of hydrogen-bond donors (Lipinski definition) is 2. The minimum atomic E-state index is -1.03. The number of carboxylic acid groups (broad SMARTS) is 1. The summed E-state index contributed by atoms with van der Waals surface area (Å²) in [4.78, 5) is 26.6. The molecule has 0 aliphatic rings. The first-order valence-corrected chi connectivity index (χ1v) is 8.50. The van der Waals surface area contributed by atoms with Crippen LogP contribution < -0.4 is 10.5 Å². The molecule has 1 aromatic carbocycles. The highest BCUT2D eigenvalue weighted by molar-refractivity contribution is 5.98. The highest BCUT2D eigenvalue weighted by Gasteiger charge is 2.15. The van der Waals surface area contributed by atoms with Crippen molar-refractivity contribution < 1.29 is 19.4 Å². The molecular formula is C20H21N3O4. The summed E-state index contributed by atoms with van der Waals surface area (Å²) in [5.74, 6) is -1.08. The lowest BCUT2D eigenvalue weighted by atomic mass is 10.1. The number of benzene rings is 1. The first kappa shape index (κ1) is 18.4. The van der Waals surface area contributed by atoms with Crippen molar-refractivity contribution in [3.05, 3.63) is 59.0 Å². The van der Waals surface area contributed by atoms with Crippen LogP contribution in [0.4, 0.5) is 0 Å². The molecule has 1 unspecified atom stereocenters. The van der Waals surface area contributed by atoms with E-state index in [1.54, 1.807) is 18.3 Å². The Kier molecular flexibility index (Phi) is 4.85. The highest BCUT2D eigenvalue weighted by atomic mass is 16.5. The van der Waals surface area contributed by atoms with Gasteiger partial charge in [0, 0.05) is 34.9 Å². The summed E-state index contributed by atoms with van der Waals surface area (Å²) in [6.45, 7) is 6.03. The average Bonchev–Trinajstić information content (AvgIpc) is 2.86. The first-order valence-electron chi connectivity index (χ1n) is 8.50. The van der Waals surface area contributed by atoms with Gasteiger partial charge in [0.2, 0.25) is 5.91 Å². The Hall–Kier alpha value is -3.35. The lowest BCUT2D eigenvalue weighted by Gasteiger charge is -2.12. The molecule has 0 saturated heterocycles. The van der Waals surface area contributed by atoms with Gasteiger partial charge in [-0.3, -0.25) is 9.78 Å². The number of rotatable bonds is 6. The van der Waals surface area contributed by atoms with Gasteiger partial charge in [0.15, 0.2) is 6.10 Å². The maximum absolute atomic E-state index is 11.5. The third kappa shape index (κ3) is 3.62. The molecule has 7 nitrogen and oxygen atoms in total. The number of aromatic nitrogens is 2. The maximum atomic E-state index is 11.5. The van der Waals surface area contributed by atoms with Crippen LogP contribution in [0.1, 0.15) is 34.1 Å². The number of ether oxygens (including phenoxy) is 1. The predicted molar refractivity (Wildman–Crippen MR) is 101 cm³/mol. The molecule has 140 valence electrons. The second-order valence-corrected chi connectivity index (χ2v) is 6.52. The fourth-order valence-corrected chi connectivity index (χ4v) is 3.06. The zero-order valence-corrected chi connectivity index (χ0v) is 15.4. The summed E-state index contributed by atoms with van der Waals surface area (Å²) in [6, 6.07) is 7.19. The molecule has 0 saturated carbocycles. The van der Waals surface area contributed by atoms with Gasteiger partial charge in [-0.1, -0.05) is 0 Å². The third-order valence-corrected chi connectivity index (χ3v) is 4.69. The summed E-state index contributed by atoms with van der Waals surface area (Å²) in [5.41, 5.74) is 9.87. The third-order valence-electron chi connectivity index (χ3n) is 4.69. The molecule has 1 atom stereocenters. The zero-order valence-electron chi connectivity index (χ0n) is 15.4. The molecule has 0 aliphatic heterocycles. The van der Waals surface area contributed by atoms with E-state index in [2.05, 4.69) is 9.55 Å². The van der Waals surface area contributed by atoms with Gasteiger partial charge in [-0.2, -0.15) is 0 Å². The van der Waals surface area contributed by atoms with Gasteiger partial charge < -0.3 is 20.1 Å². The number of carbonyl (C=O) groups is 2. The monoisotopic (exact) mass is 367 g/mol. The van der Waals surface area contributed by atoms with E-state index in [9.17, 15) is 9.59 Å². The molecule has 0 aliphatic carbocycles. The van der Waals surface area contributed by atoms with Crippen LogP contribution in [-0.2, 0) is 11.3 Å². The van der Waals surface area contributed by atoms with E-state index >= 15 is 0 Å². The lowest BCUT2D eigenvalue weighted by Crippen LogP contribution is -2.23. The van der Waals surface area contributed by atoms with Crippen molar-refractivity contribution in [2.24, 2.45) is 5.73 Å². The number of aliphatic carboxylic acids is 1. The number of hydrogen-bond acceptors (Lipinski definition) is 4. The fraction of sp³-hybridized carbons (Fsp3) is 0.250. The largest absolute Gasteiger partial charge is 0.479 e. The Labute approximate surface area is 156 Å². The van der Waals surface area contributed by atoms with Crippen molar-refractivity contribution in [3.8, 4) is 5.75 Å². The molecule has 0 spiro atoms. The summed E-state index contributed by atoms with van der Waals surface area (Å²) < 4.78 is 7.52. The predicted octanol–water partition coefficient (Wildman–Crippen LogP) is 2.65. The van der Waals surface area contributed by atoms with Gasteiger partial charge in [0.05, 0.1) is 6.20 Å². The Morgan fingerprint density at radius 3 is 2.67 bits per heavy atom. The molecule has 27 heavy (non-hydrogen) atoms. The van der Waals surface area contributed by atoms with Crippen LogP contribution in [0.3, 0.4) is 0 Å². The number of pyridine rings is 1. The minimum absolute atomic E-state index is 0.407. The van der Waals surface area contributed by atoms with E-state index in [1.807, 2.05) is 26.0 Å². The lowest BCUT2D eigenvalue weighted by molar-refractivity contribution is -0.144. The number of nitrogens with two attached hydrogens (primary N) is 1. The van der Waals surface area contributed by atoms with Gasteiger partial charge >= 0.3 is 5.97 Å². The molecule has 3 aromatic rings. The van der Waals surface area contributed by atoms with Crippen LogP contribution in [0.2, 0.25) is 0 Å². The van der Waals surface area contributed by atoms with E-state index in [4.69, 9.17) is 15.6 Å². The Morgan fingerprint density at radius 2 is 2.00 bits per heavy atom. The average molecular weight is 367 g/mol. The van der Waals surface area contributed by atoms with E-state index < -0.39 is 18.0 Å². The normalized spacial score (nSPS) is 12.1. The summed E-state index contributed by atoms with van der Waals surface area (Å²) in [7, 11) is 0. The van der Waals surface area contributed by atoms with Gasteiger partial charge in [-0.05, 0) is 56.2 Å². The summed E-state index contributed by atoms with van der Waals surface area (Å²) >= 11 is 0. The zero-order chi connectivity index (χ0) is 19.7. The molecule has 0 radical (unpaired) electrons. The quantitative estimate of drug-likeness (QED) is 0.696. The van der Waals surface area contributed by atoms with Crippen molar-refractivity contribution in [2.45, 2.75) is 33.4 Å². The number of aryl methyl sites for hydroxylation is 1. The van der Waals surface area contributed by atoms with E-state index in [0.717, 1.165) is 27.7 Å².